The summed E-state index contributed by atoms with van der Waals surface area (Å²) in [6.45, 7) is 10.1. The molecule has 2 heterocycles. The van der Waals surface area contributed by atoms with Crippen LogP contribution in [-0.2, 0) is 11.8 Å². The Labute approximate surface area is 98.7 Å². The van der Waals surface area contributed by atoms with Crippen LogP contribution in [0.2, 0.25) is 0 Å². The first kappa shape index (κ1) is 11.6. The predicted octanol–water partition coefficient (Wildman–Crippen LogP) is 2.93. The second-order valence-electron chi connectivity index (χ2n) is 5.92. The first-order valence-electron chi connectivity index (χ1n) is 6.09. The monoisotopic (exact) mass is 218 g/mol. The molecule has 16 heavy (non-hydrogen) atoms. The van der Waals surface area contributed by atoms with Crippen LogP contribution < -0.4 is 0 Å². The van der Waals surface area contributed by atoms with Crippen LogP contribution in [0.15, 0.2) is 12.3 Å². The lowest BCUT2D eigenvalue weighted by molar-refractivity contribution is 0.244. The van der Waals surface area contributed by atoms with Crippen LogP contribution in [0.5, 0.6) is 0 Å². The van der Waals surface area contributed by atoms with Gasteiger partial charge in [0.1, 0.15) is 0 Å². The van der Waals surface area contributed by atoms with E-state index in [9.17, 15) is 0 Å². The second-order valence-corrected chi connectivity index (χ2v) is 5.92. The number of likely N-dealkylation sites (N-methyl/N-ethyl adjacent to an activating group) is 1. The first-order chi connectivity index (χ1) is 7.39. The van der Waals surface area contributed by atoms with Crippen LogP contribution in [0.4, 0.5) is 0 Å². The van der Waals surface area contributed by atoms with E-state index >= 15 is 0 Å². The van der Waals surface area contributed by atoms with Crippen LogP contribution >= 0.6 is 0 Å². The summed E-state index contributed by atoms with van der Waals surface area (Å²) in [5.41, 5.74) is 4.24. The standard InChI is InChI=1S/C14H22N2/c1-10-12-8-11(14(2,3)4)9-15-13(12)6-7-16(10)5/h8-10H,6-7H2,1-5H3. The SMILES string of the molecule is CC1c2cc(C(C)(C)C)cnc2CCN1C. The van der Waals surface area contributed by atoms with Gasteiger partial charge in [0.25, 0.3) is 0 Å². The number of aromatic nitrogens is 1. The molecule has 0 N–H and O–H groups in total. The van der Waals surface area contributed by atoms with Crippen LogP contribution in [-0.4, -0.2) is 23.5 Å². The summed E-state index contributed by atoms with van der Waals surface area (Å²) in [6.07, 6.45) is 3.14. The zero-order chi connectivity index (χ0) is 11.9. The first-order valence-corrected chi connectivity index (χ1v) is 6.09. The molecule has 1 aliphatic rings. The van der Waals surface area contributed by atoms with Gasteiger partial charge in [-0.15, -0.1) is 0 Å². The molecular formula is C14H22N2. The lowest BCUT2D eigenvalue weighted by Gasteiger charge is -2.32. The fourth-order valence-corrected chi connectivity index (χ4v) is 2.20. The van der Waals surface area contributed by atoms with Crippen molar-refractivity contribution in [2.24, 2.45) is 0 Å². The minimum absolute atomic E-state index is 0.192. The van der Waals surface area contributed by atoms with Crippen molar-refractivity contribution in [2.75, 3.05) is 13.6 Å². The summed E-state index contributed by atoms with van der Waals surface area (Å²) in [5.74, 6) is 0. The van der Waals surface area contributed by atoms with Crippen LogP contribution in [0.3, 0.4) is 0 Å². The zero-order valence-electron chi connectivity index (χ0n) is 11.0. The summed E-state index contributed by atoms with van der Waals surface area (Å²) in [4.78, 5) is 7.04. The third kappa shape index (κ3) is 1.99. The molecule has 0 bridgehead atoms. The van der Waals surface area contributed by atoms with E-state index in [4.69, 9.17) is 0 Å². The van der Waals surface area contributed by atoms with Crippen molar-refractivity contribution >= 4 is 0 Å². The largest absolute Gasteiger partial charge is 0.299 e. The van der Waals surface area contributed by atoms with Gasteiger partial charge in [-0.1, -0.05) is 26.8 Å². The van der Waals surface area contributed by atoms with Gasteiger partial charge < -0.3 is 0 Å². The highest BCUT2D eigenvalue weighted by molar-refractivity contribution is 5.33. The van der Waals surface area contributed by atoms with Crippen molar-refractivity contribution in [3.05, 3.63) is 29.1 Å². The molecule has 1 aromatic heterocycles. The van der Waals surface area contributed by atoms with Gasteiger partial charge in [0.2, 0.25) is 0 Å². The molecule has 2 nitrogen and oxygen atoms in total. The Morgan fingerprint density at radius 2 is 2.06 bits per heavy atom. The van der Waals surface area contributed by atoms with Gasteiger partial charge in [-0.05, 0) is 30.5 Å². The lowest BCUT2D eigenvalue weighted by Crippen LogP contribution is -2.31. The quantitative estimate of drug-likeness (QED) is 0.665. The summed E-state index contributed by atoms with van der Waals surface area (Å²) < 4.78 is 0. The van der Waals surface area contributed by atoms with E-state index in [0.29, 0.717) is 6.04 Å². The van der Waals surface area contributed by atoms with E-state index in [0.717, 1.165) is 13.0 Å². The van der Waals surface area contributed by atoms with Gasteiger partial charge >= 0.3 is 0 Å². The predicted molar refractivity (Wildman–Crippen MR) is 67.7 cm³/mol. The van der Waals surface area contributed by atoms with E-state index in [1.807, 2.05) is 0 Å². The van der Waals surface area contributed by atoms with E-state index in [-0.39, 0.29) is 5.41 Å². The molecule has 0 spiro atoms. The Hall–Kier alpha value is -0.890. The maximum Gasteiger partial charge on any atom is 0.0464 e. The van der Waals surface area contributed by atoms with E-state index in [2.05, 4.69) is 56.9 Å². The number of rotatable bonds is 0. The summed E-state index contributed by atoms with van der Waals surface area (Å²) >= 11 is 0. The summed E-state index contributed by atoms with van der Waals surface area (Å²) in [7, 11) is 2.19. The fourth-order valence-electron chi connectivity index (χ4n) is 2.20. The van der Waals surface area contributed by atoms with Gasteiger partial charge in [0.05, 0.1) is 0 Å². The number of hydrogen-bond donors (Lipinski definition) is 0. The van der Waals surface area contributed by atoms with E-state index < -0.39 is 0 Å². The van der Waals surface area contributed by atoms with Gasteiger partial charge in [0, 0.05) is 30.9 Å². The van der Waals surface area contributed by atoms with Crippen molar-refractivity contribution in [1.29, 1.82) is 0 Å². The number of fused-ring (bicyclic) bond motifs is 1. The fraction of sp³-hybridized carbons (Fsp3) is 0.643. The molecule has 0 radical (unpaired) electrons. The molecule has 1 aliphatic heterocycles. The molecule has 0 saturated heterocycles. The highest BCUT2D eigenvalue weighted by atomic mass is 15.1. The van der Waals surface area contributed by atoms with Crippen LogP contribution in [0, 0.1) is 0 Å². The molecule has 0 aliphatic carbocycles. The molecule has 0 amide bonds. The molecule has 1 atom stereocenters. The number of hydrogen-bond acceptors (Lipinski definition) is 2. The maximum absolute atomic E-state index is 4.64. The highest BCUT2D eigenvalue weighted by Crippen LogP contribution is 2.30. The Balaban J connectivity index is 2.45. The van der Waals surface area contributed by atoms with Crippen LogP contribution in [0.1, 0.15) is 50.6 Å². The molecule has 1 aromatic rings. The average Bonchev–Trinajstić information content (AvgIpc) is 2.22. The normalized spacial score (nSPS) is 21.9. The van der Waals surface area contributed by atoms with Gasteiger partial charge in [-0.25, -0.2) is 0 Å². The molecule has 0 saturated carbocycles. The average molecular weight is 218 g/mol. The molecule has 0 aromatic carbocycles. The van der Waals surface area contributed by atoms with E-state index in [1.165, 1.54) is 16.8 Å². The topological polar surface area (TPSA) is 16.1 Å². The summed E-state index contributed by atoms with van der Waals surface area (Å²) in [6, 6.07) is 2.85. The van der Waals surface area contributed by atoms with Crippen molar-refractivity contribution in [2.45, 2.75) is 45.6 Å². The lowest BCUT2D eigenvalue weighted by atomic mass is 9.85. The zero-order valence-corrected chi connectivity index (χ0v) is 11.0. The third-order valence-corrected chi connectivity index (χ3v) is 3.68. The Morgan fingerprint density at radius 3 is 2.69 bits per heavy atom. The highest BCUT2D eigenvalue weighted by Gasteiger charge is 2.24. The third-order valence-electron chi connectivity index (χ3n) is 3.68. The molecule has 88 valence electrons. The van der Waals surface area contributed by atoms with Gasteiger partial charge in [-0.3, -0.25) is 9.88 Å². The molecular weight excluding hydrogens is 196 g/mol. The van der Waals surface area contributed by atoms with Crippen molar-refractivity contribution in [3.8, 4) is 0 Å². The smallest absolute Gasteiger partial charge is 0.0464 e. The van der Waals surface area contributed by atoms with Crippen molar-refractivity contribution < 1.29 is 0 Å². The van der Waals surface area contributed by atoms with Crippen molar-refractivity contribution in [1.82, 2.24) is 9.88 Å². The molecule has 0 fully saturated rings. The second kappa shape index (κ2) is 3.85. The van der Waals surface area contributed by atoms with E-state index in [1.54, 1.807) is 0 Å². The minimum Gasteiger partial charge on any atom is -0.299 e. The molecule has 2 rings (SSSR count). The number of nitrogens with zero attached hydrogens (tertiary/aromatic N) is 2. The van der Waals surface area contributed by atoms with Crippen molar-refractivity contribution in [3.63, 3.8) is 0 Å². The van der Waals surface area contributed by atoms with Crippen LogP contribution in [0.25, 0.3) is 0 Å². The number of pyridine rings is 1. The Bertz CT molecular complexity index is 390. The Kier molecular flexibility index (Phi) is 2.79. The maximum atomic E-state index is 4.64. The molecule has 2 heteroatoms. The molecule has 1 unspecified atom stereocenters. The van der Waals surface area contributed by atoms with Gasteiger partial charge in [0.15, 0.2) is 0 Å². The van der Waals surface area contributed by atoms with Gasteiger partial charge in [-0.2, -0.15) is 0 Å². The summed E-state index contributed by atoms with van der Waals surface area (Å²) in [5, 5.41) is 0. The minimum atomic E-state index is 0.192. The Morgan fingerprint density at radius 1 is 1.38 bits per heavy atom.